The van der Waals surface area contributed by atoms with Crippen molar-refractivity contribution in [2.24, 2.45) is 0 Å². The first-order chi connectivity index (χ1) is 14.5. The van der Waals surface area contributed by atoms with Crippen molar-refractivity contribution < 1.29 is 4.79 Å². The Labute approximate surface area is 182 Å². The minimum atomic E-state index is -0.135. The Morgan fingerprint density at radius 2 is 1.83 bits per heavy atom. The molecule has 0 saturated carbocycles. The largest absolute Gasteiger partial charge is 0.354 e. The van der Waals surface area contributed by atoms with Crippen LogP contribution in [0.1, 0.15) is 24.2 Å². The van der Waals surface area contributed by atoms with Crippen LogP contribution in [0.3, 0.4) is 0 Å². The first-order valence-electron chi connectivity index (χ1n) is 9.44. The number of nitrogens with zero attached hydrogens (tertiary/aromatic N) is 5. The molecule has 3 heterocycles. The van der Waals surface area contributed by atoms with Crippen LogP contribution in [0.25, 0.3) is 16.2 Å². The number of anilines is 2. The first kappa shape index (κ1) is 20.2. The second kappa shape index (κ2) is 8.76. The third-order valence-corrected chi connectivity index (χ3v) is 5.39. The van der Waals surface area contributed by atoms with Crippen molar-refractivity contribution in [3.63, 3.8) is 0 Å². The Morgan fingerprint density at radius 1 is 1.10 bits per heavy atom. The molecule has 154 valence electrons. The molecule has 30 heavy (non-hydrogen) atoms. The normalized spacial score (nSPS) is 11.0. The number of carbonyl (C=O) groups is 1. The summed E-state index contributed by atoms with van der Waals surface area (Å²) < 4.78 is 1.72. The summed E-state index contributed by atoms with van der Waals surface area (Å²) in [6.45, 7) is 4.45. The number of benzene rings is 1. The zero-order valence-electron chi connectivity index (χ0n) is 16.5. The van der Waals surface area contributed by atoms with Crippen molar-refractivity contribution in [3.8, 4) is 11.3 Å². The van der Waals surface area contributed by atoms with E-state index in [1.165, 1.54) is 11.3 Å². The van der Waals surface area contributed by atoms with Crippen molar-refractivity contribution in [1.29, 1.82) is 0 Å². The van der Waals surface area contributed by atoms with Gasteiger partial charge in [0, 0.05) is 40.3 Å². The van der Waals surface area contributed by atoms with Gasteiger partial charge in [0.05, 0.1) is 5.69 Å². The Kier molecular flexibility index (Phi) is 5.91. The second-order valence-corrected chi connectivity index (χ2v) is 8.08. The van der Waals surface area contributed by atoms with Crippen molar-refractivity contribution in [3.05, 3.63) is 52.1 Å². The minimum Gasteiger partial charge on any atom is -0.354 e. The van der Waals surface area contributed by atoms with E-state index in [1.54, 1.807) is 4.52 Å². The first-order valence-corrected chi connectivity index (χ1v) is 10.7. The average Bonchev–Trinajstić information content (AvgIpc) is 3.25. The Balaban J connectivity index is 1.32. The zero-order chi connectivity index (χ0) is 21.1. The molecule has 8 nitrogen and oxygen atoms in total. The van der Waals surface area contributed by atoms with Gasteiger partial charge < -0.3 is 5.32 Å². The standard InChI is InChI=1S/C20H20ClN7OS/c1-12-10-13(2)24-18(23-12)22-9-3-4-17(29)25-19-26-20-28(27-19)16(11-30-20)14-5-7-15(21)8-6-14/h5-8,10-11H,3-4,9H2,1-2H3,(H,22,23,24)(H,25,27,29). The molecule has 4 aromatic rings. The number of hydrogen-bond donors (Lipinski definition) is 2. The molecule has 3 aromatic heterocycles. The summed E-state index contributed by atoms with van der Waals surface area (Å²) in [4.78, 5) is 26.0. The summed E-state index contributed by atoms with van der Waals surface area (Å²) in [7, 11) is 0. The fourth-order valence-electron chi connectivity index (χ4n) is 2.99. The number of rotatable bonds is 7. The molecule has 0 spiro atoms. The van der Waals surface area contributed by atoms with Crippen LogP contribution in [-0.2, 0) is 4.79 Å². The lowest BCUT2D eigenvalue weighted by atomic mass is 10.2. The lowest BCUT2D eigenvalue weighted by Crippen LogP contribution is -2.15. The fraction of sp³-hybridized carbons (Fsp3) is 0.250. The second-order valence-electron chi connectivity index (χ2n) is 6.81. The number of aromatic nitrogens is 5. The average molecular weight is 442 g/mol. The number of nitrogens with one attached hydrogen (secondary N) is 2. The van der Waals surface area contributed by atoms with Crippen LogP contribution in [0.15, 0.2) is 35.7 Å². The maximum Gasteiger partial charge on any atom is 0.250 e. The van der Waals surface area contributed by atoms with Gasteiger partial charge in [0.2, 0.25) is 22.8 Å². The zero-order valence-corrected chi connectivity index (χ0v) is 18.1. The topological polar surface area (TPSA) is 97.1 Å². The molecule has 10 heteroatoms. The van der Waals surface area contributed by atoms with E-state index in [-0.39, 0.29) is 5.91 Å². The quantitative estimate of drug-likeness (QED) is 0.414. The third kappa shape index (κ3) is 4.74. The van der Waals surface area contributed by atoms with Crippen LogP contribution in [0, 0.1) is 13.8 Å². The van der Waals surface area contributed by atoms with Gasteiger partial charge in [-0.2, -0.15) is 4.98 Å². The highest BCUT2D eigenvalue weighted by Crippen LogP contribution is 2.26. The van der Waals surface area contributed by atoms with Crippen LogP contribution in [0.2, 0.25) is 5.02 Å². The maximum absolute atomic E-state index is 12.3. The summed E-state index contributed by atoms with van der Waals surface area (Å²) in [6.07, 6.45) is 0.981. The number of hydrogen-bond acceptors (Lipinski definition) is 7. The van der Waals surface area contributed by atoms with E-state index >= 15 is 0 Å². The molecular formula is C20H20ClN7OS. The number of halogens is 1. The Bertz CT molecular complexity index is 1170. The van der Waals surface area contributed by atoms with E-state index < -0.39 is 0 Å². The highest BCUT2D eigenvalue weighted by Gasteiger charge is 2.13. The van der Waals surface area contributed by atoms with Gasteiger partial charge in [-0.05, 0) is 38.5 Å². The maximum atomic E-state index is 12.3. The molecule has 0 aliphatic heterocycles. The molecule has 0 aliphatic rings. The van der Waals surface area contributed by atoms with Gasteiger partial charge in [0.25, 0.3) is 0 Å². The van der Waals surface area contributed by atoms with Crippen LogP contribution >= 0.6 is 22.9 Å². The van der Waals surface area contributed by atoms with Gasteiger partial charge in [0.1, 0.15) is 0 Å². The molecule has 1 aromatic carbocycles. The predicted molar refractivity (Wildman–Crippen MR) is 119 cm³/mol. The van der Waals surface area contributed by atoms with E-state index in [2.05, 4.69) is 30.7 Å². The van der Waals surface area contributed by atoms with Crippen molar-refractivity contribution >= 4 is 45.7 Å². The van der Waals surface area contributed by atoms with Crippen LogP contribution < -0.4 is 10.6 Å². The van der Waals surface area contributed by atoms with E-state index in [4.69, 9.17) is 11.6 Å². The summed E-state index contributed by atoms with van der Waals surface area (Å²) in [6, 6.07) is 9.43. The molecule has 0 unspecified atom stereocenters. The van der Waals surface area contributed by atoms with Crippen molar-refractivity contribution in [2.45, 2.75) is 26.7 Å². The Hall–Kier alpha value is -3.04. The molecular weight excluding hydrogens is 422 g/mol. The highest BCUT2D eigenvalue weighted by atomic mass is 35.5. The van der Waals surface area contributed by atoms with Gasteiger partial charge in [-0.25, -0.2) is 14.5 Å². The molecule has 1 amide bonds. The number of thiazole rings is 1. The molecule has 0 aliphatic carbocycles. The monoisotopic (exact) mass is 441 g/mol. The number of carbonyl (C=O) groups excluding carboxylic acids is 1. The fourth-order valence-corrected chi connectivity index (χ4v) is 3.95. The SMILES string of the molecule is Cc1cc(C)nc(NCCCC(=O)Nc2nc3scc(-c4ccc(Cl)cc4)n3n2)n1. The number of amides is 1. The van der Waals surface area contributed by atoms with Gasteiger partial charge >= 0.3 is 0 Å². The van der Waals surface area contributed by atoms with E-state index in [1.807, 2.05) is 49.6 Å². The summed E-state index contributed by atoms with van der Waals surface area (Å²) in [5.41, 5.74) is 3.70. The van der Waals surface area contributed by atoms with Gasteiger partial charge in [-0.3, -0.25) is 10.1 Å². The van der Waals surface area contributed by atoms with Gasteiger partial charge in [0.15, 0.2) is 0 Å². The molecule has 0 saturated heterocycles. The lowest BCUT2D eigenvalue weighted by molar-refractivity contribution is -0.116. The van der Waals surface area contributed by atoms with E-state index in [0.717, 1.165) is 22.6 Å². The third-order valence-electron chi connectivity index (χ3n) is 4.32. The molecule has 0 fully saturated rings. The molecule has 0 bridgehead atoms. The Morgan fingerprint density at radius 3 is 2.57 bits per heavy atom. The van der Waals surface area contributed by atoms with Crippen LogP contribution in [-0.4, -0.2) is 37.0 Å². The lowest BCUT2D eigenvalue weighted by Gasteiger charge is -2.06. The molecule has 0 atom stereocenters. The van der Waals surface area contributed by atoms with Crippen molar-refractivity contribution in [1.82, 2.24) is 24.6 Å². The van der Waals surface area contributed by atoms with Gasteiger partial charge in [-0.1, -0.05) is 23.7 Å². The summed E-state index contributed by atoms with van der Waals surface area (Å²) >= 11 is 7.43. The number of aryl methyl sites for hydroxylation is 2. The smallest absolute Gasteiger partial charge is 0.250 e. The molecule has 0 radical (unpaired) electrons. The van der Waals surface area contributed by atoms with Crippen LogP contribution in [0.4, 0.5) is 11.9 Å². The van der Waals surface area contributed by atoms with Crippen molar-refractivity contribution in [2.75, 3.05) is 17.2 Å². The summed E-state index contributed by atoms with van der Waals surface area (Å²) in [5, 5.41) is 13.0. The van der Waals surface area contributed by atoms with Gasteiger partial charge in [-0.15, -0.1) is 16.4 Å². The predicted octanol–water partition coefficient (Wildman–Crippen LogP) is 4.35. The molecule has 4 rings (SSSR count). The van der Waals surface area contributed by atoms with E-state index in [0.29, 0.717) is 41.3 Å². The minimum absolute atomic E-state index is 0.135. The molecule has 2 N–H and O–H groups in total. The van der Waals surface area contributed by atoms with E-state index in [9.17, 15) is 4.79 Å². The highest BCUT2D eigenvalue weighted by molar-refractivity contribution is 7.15. The van der Waals surface area contributed by atoms with Crippen LogP contribution in [0.5, 0.6) is 0 Å². The summed E-state index contributed by atoms with van der Waals surface area (Å²) in [5.74, 6) is 0.746. The number of fused-ring (bicyclic) bond motifs is 1.